The third kappa shape index (κ3) is 2.29. The first-order chi connectivity index (χ1) is 14.6. The minimum absolute atomic E-state index is 0.188. The second-order valence-electron chi connectivity index (χ2n) is 7.42. The molecule has 1 amide bonds. The van der Waals surface area contributed by atoms with Crippen molar-refractivity contribution >= 4 is 17.8 Å². The van der Waals surface area contributed by atoms with Crippen LogP contribution in [0.4, 0.5) is 0 Å². The van der Waals surface area contributed by atoms with Gasteiger partial charge in [-0.05, 0) is 30.4 Å². The zero-order valence-corrected chi connectivity index (χ0v) is 15.8. The molecule has 1 atom stereocenters. The Morgan fingerprint density at radius 3 is 2.73 bits per heavy atom. The summed E-state index contributed by atoms with van der Waals surface area (Å²) in [5.74, 6) is 1.83. The molecule has 144 valence electrons. The summed E-state index contributed by atoms with van der Waals surface area (Å²) in [6.45, 7) is 0. The van der Waals surface area contributed by atoms with Gasteiger partial charge in [-0.1, -0.05) is 48.6 Å². The number of amides is 1. The number of carbonyl (C=O) groups excluding carboxylic acids is 1. The predicted octanol–water partition coefficient (Wildman–Crippen LogP) is 4.09. The van der Waals surface area contributed by atoms with Crippen molar-refractivity contribution in [1.82, 2.24) is 0 Å². The van der Waals surface area contributed by atoms with E-state index in [0.29, 0.717) is 22.6 Å². The molecule has 5 heteroatoms. The molecular weight excluding hydrogens is 376 g/mol. The molecule has 0 radical (unpaired) electrons. The van der Waals surface area contributed by atoms with Crippen LogP contribution < -0.4 is 15.2 Å². The highest BCUT2D eigenvalue weighted by Gasteiger charge is 2.44. The van der Waals surface area contributed by atoms with E-state index in [9.17, 15) is 4.79 Å². The number of hydrogen-bond donors (Lipinski definition) is 1. The lowest BCUT2D eigenvalue weighted by atomic mass is 9.76. The van der Waals surface area contributed by atoms with Gasteiger partial charge in [0.1, 0.15) is 23.1 Å². The fraction of sp³-hybridized carbons (Fsp3) is 0.0400. The number of carbonyl (C=O) groups is 1. The molecule has 30 heavy (non-hydrogen) atoms. The highest BCUT2D eigenvalue weighted by atomic mass is 16.5. The number of nitrogens with two attached hydrogens (primary N) is 1. The minimum atomic E-state index is -0.859. The summed E-state index contributed by atoms with van der Waals surface area (Å²) in [5, 5.41) is 0. The maximum absolute atomic E-state index is 12.2. The van der Waals surface area contributed by atoms with Gasteiger partial charge in [-0.25, -0.2) is 0 Å². The molecule has 0 bridgehead atoms. The highest BCUT2D eigenvalue weighted by molar-refractivity contribution is 6.21. The monoisotopic (exact) mass is 392 g/mol. The van der Waals surface area contributed by atoms with Gasteiger partial charge in [0, 0.05) is 22.8 Å². The average molecular weight is 392 g/mol. The molecule has 6 rings (SSSR count). The summed E-state index contributed by atoms with van der Waals surface area (Å²) in [4.78, 5) is 16.1. The van der Waals surface area contributed by atoms with Crippen molar-refractivity contribution in [2.75, 3.05) is 0 Å². The molecular formula is C25H16N2O3. The maximum atomic E-state index is 12.2. The van der Waals surface area contributed by atoms with Gasteiger partial charge < -0.3 is 15.2 Å². The number of allylic oxidation sites excluding steroid dienone is 3. The third-order valence-electron chi connectivity index (χ3n) is 5.63. The number of hydrogen-bond acceptors (Lipinski definition) is 4. The second-order valence-corrected chi connectivity index (χ2v) is 7.42. The largest absolute Gasteiger partial charge is 0.472 e. The molecule has 2 aliphatic carbocycles. The molecule has 5 nitrogen and oxygen atoms in total. The number of para-hydroxylation sites is 1. The Hall–Kier alpha value is -4.12. The summed E-state index contributed by atoms with van der Waals surface area (Å²) < 4.78 is 12.7. The van der Waals surface area contributed by atoms with Crippen LogP contribution in [-0.2, 0) is 0 Å². The summed E-state index contributed by atoms with van der Waals surface area (Å²) in [5.41, 5.74) is 9.05. The zero-order valence-electron chi connectivity index (χ0n) is 15.8. The SMILES string of the molecule is NC1=NC(=O)c2ccc3c(c21)OC12C=C(Oc4ccccc4)C=CC1=CC=CC2=C3. The number of ether oxygens (including phenoxy) is 2. The number of aliphatic imine (C=N–C) groups is 1. The third-order valence-corrected chi connectivity index (χ3v) is 5.63. The summed E-state index contributed by atoms with van der Waals surface area (Å²) in [7, 11) is 0. The lowest BCUT2D eigenvalue weighted by Crippen LogP contribution is -2.42. The van der Waals surface area contributed by atoms with E-state index in [-0.39, 0.29) is 11.7 Å². The van der Waals surface area contributed by atoms with Crippen molar-refractivity contribution in [1.29, 1.82) is 0 Å². The first kappa shape index (κ1) is 16.8. The molecule has 1 spiro atoms. The second kappa shape index (κ2) is 5.94. The number of benzene rings is 2. The minimum Gasteiger partial charge on any atom is -0.472 e. The van der Waals surface area contributed by atoms with E-state index in [1.807, 2.05) is 72.9 Å². The predicted molar refractivity (Wildman–Crippen MR) is 114 cm³/mol. The van der Waals surface area contributed by atoms with E-state index in [2.05, 4.69) is 11.1 Å². The first-order valence-corrected chi connectivity index (χ1v) is 9.64. The Kier molecular flexibility index (Phi) is 3.33. The van der Waals surface area contributed by atoms with E-state index in [4.69, 9.17) is 15.2 Å². The highest BCUT2D eigenvalue weighted by Crippen LogP contribution is 2.48. The van der Waals surface area contributed by atoms with Crippen molar-refractivity contribution in [2.45, 2.75) is 5.60 Å². The number of fused-ring (bicyclic) bond motifs is 3. The average Bonchev–Trinajstić information content (AvgIpc) is 3.05. The normalized spacial score (nSPS) is 22.5. The standard InChI is InChI=1S/C25H16N2O3/c26-23-21-20(24(28)27-23)12-9-15-13-17-6-4-5-16-10-11-19(14-25(16,17)30-22(15)21)29-18-7-2-1-3-8-18/h1-14H,(H2,26,27,28). The fourth-order valence-electron chi connectivity index (χ4n) is 4.24. The first-order valence-electron chi connectivity index (χ1n) is 9.64. The van der Waals surface area contributed by atoms with Gasteiger partial charge in [-0.15, -0.1) is 0 Å². The number of rotatable bonds is 2. The van der Waals surface area contributed by atoms with E-state index in [1.165, 1.54) is 0 Å². The van der Waals surface area contributed by atoms with E-state index in [0.717, 1.165) is 22.5 Å². The van der Waals surface area contributed by atoms with Crippen molar-refractivity contribution in [3.05, 3.63) is 113 Å². The molecule has 0 fully saturated rings. The number of amidine groups is 1. The van der Waals surface area contributed by atoms with Gasteiger partial charge in [0.25, 0.3) is 5.91 Å². The summed E-state index contributed by atoms with van der Waals surface area (Å²) in [6, 6.07) is 13.2. The summed E-state index contributed by atoms with van der Waals surface area (Å²) >= 11 is 0. The van der Waals surface area contributed by atoms with Crippen LogP contribution in [0.5, 0.6) is 11.5 Å². The molecule has 0 saturated carbocycles. The van der Waals surface area contributed by atoms with Gasteiger partial charge in [0.2, 0.25) is 0 Å². The van der Waals surface area contributed by atoms with Gasteiger partial charge in [0.15, 0.2) is 5.60 Å². The molecule has 2 aromatic carbocycles. The number of nitrogens with zero attached hydrogens (tertiary/aromatic N) is 1. The smallest absolute Gasteiger partial charge is 0.279 e. The van der Waals surface area contributed by atoms with Gasteiger partial charge in [0.05, 0.1) is 11.1 Å². The summed E-state index contributed by atoms with van der Waals surface area (Å²) in [6.07, 6.45) is 14.0. The zero-order chi connectivity index (χ0) is 20.3. The Labute approximate surface area is 172 Å². The molecule has 0 saturated heterocycles. The Morgan fingerprint density at radius 2 is 1.87 bits per heavy atom. The molecule has 0 aromatic heterocycles. The molecule has 1 unspecified atom stereocenters. The van der Waals surface area contributed by atoms with Crippen LogP contribution in [-0.4, -0.2) is 17.3 Å². The van der Waals surface area contributed by atoms with Crippen molar-refractivity contribution in [3.8, 4) is 11.5 Å². The lowest BCUT2D eigenvalue weighted by Gasteiger charge is -2.41. The molecule has 2 aromatic rings. The Morgan fingerprint density at radius 1 is 1.00 bits per heavy atom. The van der Waals surface area contributed by atoms with Crippen molar-refractivity contribution in [2.24, 2.45) is 10.7 Å². The van der Waals surface area contributed by atoms with Crippen molar-refractivity contribution in [3.63, 3.8) is 0 Å². The van der Waals surface area contributed by atoms with Crippen molar-refractivity contribution < 1.29 is 14.3 Å². The van der Waals surface area contributed by atoms with Gasteiger partial charge in [-0.3, -0.25) is 4.79 Å². The van der Waals surface area contributed by atoms with Gasteiger partial charge in [-0.2, -0.15) is 4.99 Å². The van der Waals surface area contributed by atoms with Crippen LogP contribution in [0.1, 0.15) is 21.5 Å². The van der Waals surface area contributed by atoms with Crippen LogP contribution >= 0.6 is 0 Å². The van der Waals surface area contributed by atoms with E-state index < -0.39 is 5.60 Å². The molecule has 2 aliphatic heterocycles. The van der Waals surface area contributed by atoms with E-state index >= 15 is 0 Å². The van der Waals surface area contributed by atoms with E-state index in [1.54, 1.807) is 6.07 Å². The van der Waals surface area contributed by atoms with Crippen LogP contribution in [0.25, 0.3) is 6.08 Å². The maximum Gasteiger partial charge on any atom is 0.279 e. The Bertz CT molecular complexity index is 1310. The Balaban J connectivity index is 1.51. The molecule has 4 aliphatic rings. The molecule has 2 heterocycles. The van der Waals surface area contributed by atoms with Gasteiger partial charge >= 0.3 is 0 Å². The van der Waals surface area contributed by atoms with Crippen LogP contribution in [0.3, 0.4) is 0 Å². The fourth-order valence-corrected chi connectivity index (χ4v) is 4.24. The van der Waals surface area contributed by atoms with Crippen LogP contribution in [0.15, 0.2) is 101 Å². The lowest BCUT2D eigenvalue weighted by molar-refractivity contribution is 0.101. The molecule has 2 N–H and O–H groups in total. The topological polar surface area (TPSA) is 73.9 Å². The van der Waals surface area contributed by atoms with Crippen LogP contribution in [0.2, 0.25) is 0 Å². The quantitative estimate of drug-likeness (QED) is 0.835. The van der Waals surface area contributed by atoms with Crippen LogP contribution in [0, 0.1) is 0 Å².